The molecular formula is C32H45NO10. The van der Waals surface area contributed by atoms with Crippen LogP contribution in [0.15, 0.2) is 30.3 Å². The summed E-state index contributed by atoms with van der Waals surface area (Å²) < 4.78 is 37.4. The topological polar surface area (TPSA) is 136 Å². The van der Waals surface area contributed by atoms with E-state index in [-0.39, 0.29) is 24.3 Å². The van der Waals surface area contributed by atoms with E-state index in [1.54, 1.807) is 52.7 Å². The lowest BCUT2D eigenvalue weighted by Gasteiger charge is -2.70. The highest BCUT2D eigenvalue weighted by molar-refractivity contribution is 5.89. The molecule has 1 spiro atoms. The monoisotopic (exact) mass is 603 g/mol. The summed E-state index contributed by atoms with van der Waals surface area (Å²) in [6.07, 6.45) is -4.43. The summed E-state index contributed by atoms with van der Waals surface area (Å²) >= 11 is 0. The van der Waals surface area contributed by atoms with Crippen LogP contribution in [-0.4, -0.2) is 136 Å². The molecule has 0 amide bonds. The minimum atomic E-state index is -1.71. The molecule has 0 unspecified atom stereocenters. The molecule has 6 fully saturated rings. The maximum atomic E-state index is 13.6. The van der Waals surface area contributed by atoms with E-state index < -0.39 is 76.5 Å². The molecule has 5 aliphatic carbocycles. The average molecular weight is 604 g/mol. The van der Waals surface area contributed by atoms with Crippen molar-refractivity contribution in [2.75, 3.05) is 55.7 Å². The number of nitrogens with zero attached hydrogens (tertiary/aromatic N) is 1. The Kier molecular flexibility index (Phi) is 6.92. The number of piperidine rings is 1. The van der Waals surface area contributed by atoms with E-state index in [1.807, 2.05) is 13.1 Å². The van der Waals surface area contributed by atoms with Gasteiger partial charge in [-0.05, 0) is 31.5 Å². The van der Waals surface area contributed by atoms with Crippen molar-refractivity contribution in [2.45, 2.75) is 66.7 Å². The highest BCUT2D eigenvalue weighted by atomic mass is 16.6. The standard InChI is InChI=1S/C32H45NO10/c1-33-14-29(15-38-2)18(34)12-19(39-3)31-17-13-30(37)26(43-28(36)16-10-8-7-9-11-16)20(17)32(42-6,25(35)27(30)41-5)21(24(31)33)22(40-4)23(29)31/h7-11,17-27,34-35,37H,12-15H2,1-6H3/t17-,18-,19+,20-,21+,22-,23-,24-,25+,26-,27+,29+,30-,31+,32+/m1/s1. The first-order chi connectivity index (χ1) is 20.6. The van der Waals surface area contributed by atoms with E-state index >= 15 is 0 Å². The number of fused-ring (bicyclic) bond motifs is 2. The van der Waals surface area contributed by atoms with Gasteiger partial charge in [0.25, 0.3) is 0 Å². The number of esters is 1. The van der Waals surface area contributed by atoms with E-state index in [4.69, 9.17) is 28.4 Å². The zero-order valence-electron chi connectivity index (χ0n) is 25.7. The average Bonchev–Trinajstić information content (AvgIpc) is 3.38. The highest BCUT2D eigenvalue weighted by Gasteiger charge is 2.91. The number of methoxy groups -OCH3 is 5. The van der Waals surface area contributed by atoms with Gasteiger partial charge in [0, 0.05) is 83.1 Å². The van der Waals surface area contributed by atoms with Crippen LogP contribution in [0.4, 0.5) is 0 Å². The predicted octanol–water partition coefficient (Wildman–Crippen LogP) is 0.341. The Labute approximate surface area is 252 Å². The second-order valence-electron chi connectivity index (χ2n) is 13.9. The SMILES string of the molecule is COC[C@]12CN(C)[C@@H]3[C@@H]4[C@@H](OC)[C@H]1[C@@]3([C@@H](OC)C[C@H]2O)[C@@H]1C[C@@]2(O)[C@H](OC(=O)c3ccccc3)[C@@H]1[C@@]4(OC)[C@@H](O)[C@@H]2OC. The van der Waals surface area contributed by atoms with Crippen LogP contribution >= 0.6 is 0 Å². The molecule has 7 bridgehead atoms. The van der Waals surface area contributed by atoms with Crippen molar-refractivity contribution in [3.05, 3.63) is 35.9 Å². The fraction of sp³-hybridized carbons (Fsp3) is 0.781. The Morgan fingerprint density at radius 1 is 1.00 bits per heavy atom. The fourth-order valence-electron chi connectivity index (χ4n) is 12.1. The molecule has 15 atom stereocenters. The lowest BCUT2D eigenvalue weighted by atomic mass is 9.42. The molecular weight excluding hydrogens is 558 g/mol. The van der Waals surface area contributed by atoms with Gasteiger partial charge in [0.05, 0.1) is 30.5 Å². The van der Waals surface area contributed by atoms with Crippen molar-refractivity contribution >= 4 is 5.97 Å². The number of hydrogen-bond donors (Lipinski definition) is 3. The zero-order chi connectivity index (χ0) is 30.7. The van der Waals surface area contributed by atoms with Crippen LogP contribution in [0, 0.1) is 34.5 Å². The molecule has 0 radical (unpaired) electrons. The Hall–Kier alpha value is -1.67. The molecule has 1 aromatic carbocycles. The lowest BCUT2D eigenvalue weighted by Crippen LogP contribution is -2.81. The summed E-state index contributed by atoms with van der Waals surface area (Å²) in [6.45, 7) is 0.863. The Bertz CT molecular complexity index is 1250. The molecule has 5 saturated carbocycles. The number of hydrogen-bond acceptors (Lipinski definition) is 11. The molecule has 238 valence electrons. The molecule has 0 aromatic heterocycles. The maximum Gasteiger partial charge on any atom is 0.338 e. The summed E-state index contributed by atoms with van der Waals surface area (Å²) in [4.78, 5) is 15.9. The van der Waals surface area contributed by atoms with Gasteiger partial charge in [-0.15, -0.1) is 0 Å². The third-order valence-electron chi connectivity index (χ3n) is 12.9. The number of carbonyl (C=O) groups is 1. The molecule has 6 aliphatic rings. The Morgan fingerprint density at radius 3 is 2.33 bits per heavy atom. The van der Waals surface area contributed by atoms with Crippen molar-refractivity contribution in [1.29, 1.82) is 0 Å². The second kappa shape index (κ2) is 9.91. The van der Waals surface area contributed by atoms with E-state index in [2.05, 4.69) is 4.90 Å². The Morgan fingerprint density at radius 2 is 1.72 bits per heavy atom. The van der Waals surface area contributed by atoms with Gasteiger partial charge < -0.3 is 48.6 Å². The van der Waals surface area contributed by atoms with Crippen molar-refractivity contribution < 1.29 is 48.5 Å². The third kappa shape index (κ3) is 3.24. The largest absolute Gasteiger partial charge is 0.455 e. The van der Waals surface area contributed by atoms with Crippen LogP contribution in [0.5, 0.6) is 0 Å². The molecule has 1 saturated heterocycles. The highest BCUT2D eigenvalue weighted by Crippen LogP contribution is 2.80. The number of rotatable bonds is 8. The van der Waals surface area contributed by atoms with Crippen molar-refractivity contribution in [2.24, 2.45) is 34.5 Å². The van der Waals surface area contributed by atoms with Gasteiger partial charge in [-0.25, -0.2) is 4.79 Å². The van der Waals surface area contributed by atoms with Gasteiger partial charge in [0.1, 0.15) is 29.5 Å². The van der Waals surface area contributed by atoms with Crippen LogP contribution in [0.1, 0.15) is 23.2 Å². The molecule has 11 heteroatoms. The van der Waals surface area contributed by atoms with Crippen molar-refractivity contribution in [1.82, 2.24) is 4.90 Å². The molecule has 1 heterocycles. The molecule has 11 nitrogen and oxygen atoms in total. The van der Waals surface area contributed by atoms with Gasteiger partial charge in [-0.1, -0.05) is 18.2 Å². The fourth-order valence-corrected chi connectivity index (χ4v) is 12.1. The van der Waals surface area contributed by atoms with Gasteiger partial charge in [-0.3, -0.25) is 0 Å². The predicted molar refractivity (Wildman–Crippen MR) is 151 cm³/mol. The number of ether oxygens (including phenoxy) is 6. The number of aliphatic hydroxyl groups excluding tert-OH is 2. The van der Waals surface area contributed by atoms with E-state index in [1.165, 1.54) is 7.11 Å². The quantitative estimate of drug-likeness (QED) is 0.355. The molecule has 1 aromatic rings. The van der Waals surface area contributed by atoms with Crippen LogP contribution in [0.3, 0.4) is 0 Å². The van der Waals surface area contributed by atoms with E-state index in [0.29, 0.717) is 25.1 Å². The summed E-state index contributed by atoms with van der Waals surface area (Å²) in [6, 6.07) is 8.51. The van der Waals surface area contributed by atoms with Gasteiger partial charge >= 0.3 is 5.97 Å². The van der Waals surface area contributed by atoms with Crippen molar-refractivity contribution in [3.63, 3.8) is 0 Å². The molecule has 43 heavy (non-hydrogen) atoms. The lowest BCUT2D eigenvalue weighted by molar-refractivity contribution is -0.324. The number of likely N-dealkylation sites (tertiary alicyclic amines) is 1. The van der Waals surface area contributed by atoms with Crippen LogP contribution in [0.2, 0.25) is 0 Å². The van der Waals surface area contributed by atoms with Crippen molar-refractivity contribution in [3.8, 4) is 0 Å². The van der Waals surface area contributed by atoms with Crippen LogP contribution in [-0.2, 0) is 28.4 Å². The van der Waals surface area contributed by atoms with Gasteiger partial charge in [-0.2, -0.15) is 0 Å². The maximum absolute atomic E-state index is 13.6. The Balaban J connectivity index is 1.49. The van der Waals surface area contributed by atoms with Crippen LogP contribution < -0.4 is 0 Å². The number of carbonyl (C=O) groups excluding carboxylic acids is 1. The zero-order valence-corrected chi connectivity index (χ0v) is 25.7. The molecule has 3 N–H and O–H groups in total. The van der Waals surface area contributed by atoms with Gasteiger partial charge in [0.15, 0.2) is 0 Å². The number of benzene rings is 1. The first-order valence-electron chi connectivity index (χ1n) is 15.3. The van der Waals surface area contributed by atoms with E-state index in [0.717, 1.165) is 0 Å². The summed E-state index contributed by atoms with van der Waals surface area (Å²) in [5.41, 5.74) is -4.01. The summed E-state index contributed by atoms with van der Waals surface area (Å²) in [7, 11) is 10.1. The van der Waals surface area contributed by atoms with Crippen LogP contribution in [0.25, 0.3) is 0 Å². The minimum Gasteiger partial charge on any atom is -0.455 e. The van der Waals surface area contributed by atoms with Gasteiger partial charge in [0.2, 0.25) is 0 Å². The first-order valence-corrected chi connectivity index (χ1v) is 15.3. The summed E-state index contributed by atoms with van der Waals surface area (Å²) in [5, 5.41) is 36.9. The first kappa shape index (κ1) is 30.0. The normalized spacial score (nSPS) is 52.7. The number of aliphatic hydroxyl groups is 3. The minimum absolute atomic E-state index is 0.189. The molecule has 1 aliphatic heterocycles. The van der Waals surface area contributed by atoms with E-state index in [9.17, 15) is 20.1 Å². The summed E-state index contributed by atoms with van der Waals surface area (Å²) in [5.74, 6) is -2.21. The smallest absolute Gasteiger partial charge is 0.338 e. The third-order valence-corrected chi connectivity index (χ3v) is 12.9. The second-order valence-corrected chi connectivity index (χ2v) is 13.9. The molecule has 7 rings (SSSR count).